The van der Waals surface area contributed by atoms with Crippen molar-refractivity contribution in [1.29, 1.82) is 0 Å². The van der Waals surface area contributed by atoms with Gasteiger partial charge in [0.2, 0.25) is 0 Å². The minimum atomic E-state index is -0.417. The third-order valence-corrected chi connectivity index (χ3v) is 2.07. The zero-order valence-corrected chi connectivity index (χ0v) is 20.7. The molecule has 0 aliphatic carbocycles. The smallest absolute Gasteiger partial charge is 0.854 e. The summed E-state index contributed by atoms with van der Waals surface area (Å²) in [4.78, 5) is 0. The molecule has 0 radical (unpaired) electrons. The molecular formula is C19H43Al2O5+. The molecule has 7 heteroatoms. The molecule has 26 heavy (non-hydrogen) atoms. The normalized spacial score (nSPS) is 9.12. The maximum Gasteiger partial charge on any atom is 3.00 e. The van der Waals surface area contributed by atoms with E-state index in [1.807, 2.05) is 27.7 Å². The summed E-state index contributed by atoms with van der Waals surface area (Å²) in [6, 6.07) is 0. The monoisotopic (exact) mass is 405 g/mol. The van der Waals surface area contributed by atoms with Gasteiger partial charge in [0.25, 0.3) is 0 Å². The summed E-state index contributed by atoms with van der Waals surface area (Å²) in [6.07, 6.45) is 5.56. The van der Waals surface area contributed by atoms with Gasteiger partial charge in [-0.05, 0) is 0 Å². The van der Waals surface area contributed by atoms with Gasteiger partial charge in [-0.3, -0.25) is 0 Å². The van der Waals surface area contributed by atoms with Gasteiger partial charge in [-0.2, -0.15) is 0 Å². The molecule has 0 rings (SSSR count). The van der Waals surface area contributed by atoms with Crippen molar-refractivity contribution in [3.63, 3.8) is 0 Å². The van der Waals surface area contributed by atoms with Crippen molar-refractivity contribution < 1.29 is 25.5 Å². The van der Waals surface area contributed by atoms with Gasteiger partial charge in [-0.1, -0.05) is 93.4 Å². The summed E-state index contributed by atoms with van der Waals surface area (Å²) in [5.74, 6) is 0. The van der Waals surface area contributed by atoms with Crippen molar-refractivity contribution in [2.24, 2.45) is 0 Å². The van der Waals surface area contributed by atoms with E-state index in [0.29, 0.717) is 0 Å². The molecule has 1 atom stereocenters. The Labute approximate surface area is 185 Å². The van der Waals surface area contributed by atoms with Crippen LogP contribution in [0.1, 0.15) is 93.4 Å². The zero-order chi connectivity index (χ0) is 20.2. The third-order valence-electron chi connectivity index (χ3n) is 2.07. The fourth-order valence-electron chi connectivity index (χ4n) is 0.433. The van der Waals surface area contributed by atoms with E-state index in [0.717, 1.165) is 44.9 Å². The first-order chi connectivity index (χ1) is 11.2. The maximum atomic E-state index is 9.90. The molecule has 0 saturated carbocycles. The van der Waals surface area contributed by atoms with E-state index < -0.39 is 6.10 Å². The number of hydrogen-bond acceptors (Lipinski definition) is 5. The van der Waals surface area contributed by atoms with Crippen LogP contribution in [0.5, 0.6) is 0 Å². The van der Waals surface area contributed by atoms with E-state index in [4.69, 9.17) is 0 Å². The van der Waals surface area contributed by atoms with Gasteiger partial charge < -0.3 is 25.5 Å². The minimum Gasteiger partial charge on any atom is -0.854 e. The van der Waals surface area contributed by atoms with Gasteiger partial charge in [0, 0.05) is 0 Å². The van der Waals surface area contributed by atoms with Gasteiger partial charge in [-0.15, -0.1) is 32.0 Å². The molecule has 0 aromatic rings. The molecule has 0 bridgehead atoms. The van der Waals surface area contributed by atoms with Gasteiger partial charge in [0.15, 0.2) is 0 Å². The van der Waals surface area contributed by atoms with Crippen LogP contribution in [0, 0.1) is 0 Å². The van der Waals surface area contributed by atoms with Gasteiger partial charge in [0.1, 0.15) is 0 Å². The van der Waals surface area contributed by atoms with E-state index in [2.05, 4.69) is 0 Å². The Bertz CT molecular complexity index is 129. The molecule has 0 N–H and O–H groups in total. The predicted octanol–water partition coefficient (Wildman–Crippen LogP) is -0.421. The first-order valence-corrected chi connectivity index (χ1v) is 9.31. The van der Waals surface area contributed by atoms with E-state index in [-0.39, 0.29) is 60.6 Å². The Morgan fingerprint density at radius 3 is 0.731 bits per heavy atom. The topological polar surface area (TPSA) is 115 Å². The average molecular weight is 406 g/mol. The minimum absolute atomic E-state index is 0. The molecule has 0 aromatic carbocycles. The van der Waals surface area contributed by atoms with Crippen LogP contribution >= 0.6 is 0 Å². The quantitative estimate of drug-likeness (QED) is 0.534. The van der Waals surface area contributed by atoms with Crippen LogP contribution in [0.3, 0.4) is 0 Å². The number of rotatable bonds is 7. The van der Waals surface area contributed by atoms with E-state index >= 15 is 0 Å². The molecule has 0 amide bonds. The molecule has 0 aromatic heterocycles. The molecule has 5 nitrogen and oxygen atoms in total. The zero-order valence-electron chi connectivity index (χ0n) is 18.4. The summed E-state index contributed by atoms with van der Waals surface area (Å²) in [6.45, 7) is 13.1. The molecule has 0 aliphatic heterocycles. The average Bonchev–Trinajstić information content (AvgIpc) is 2.51. The van der Waals surface area contributed by atoms with Crippen LogP contribution in [0.15, 0.2) is 0 Å². The van der Waals surface area contributed by atoms with Crippen molar-refractivity contribution in [3.05, 3.63) is 0 Å². The predicted molar refractivity (Wildman–Crippen MR) is 106 cm³/mol. The third kappa shape index (κ3) is 180. The second kappa shape index (κ2) is 56.2. The van der Waals surface area contributed by atoms with Crippen molar-refractivity contribution in [1.82, 2.24) is 0 Å². The first-order valence-electron chi connectivity index (χ1n) is 9.31. The van der Waals surface area contributed by atoms with Crippen LogP contribution < -0.4 is 25.5 Å². The molecule has 0 saturated heterocycles. The number of hydrogen-bond donors (Lipinski definition) is 0. The molecule has 0 heterocycles. The first kappa shape index (κ1) is 45.5. The Morgan fingerprint density at radius 1 is 0.577 bits per heavy atom. The molecule has 0 fully saturated rings. The summed E-state index contributed by atoms with van der Waals surface area (Å²) in [5.41, 5.74) is 0. The van der Waals surface area contributed by atoms with Gasteiger partial charge >= 0.3 is 34.7 Å². The Morgan fingerprint density at radius 2 is 0.731 bits per heavy atom. The Balaban J connectivity index is -0.0000000341. The van der Waals surface area contributed by atoms with Gasteiger partial charge in [-0.25, -0.2) is 0 Å². The van der Waals surface area contributed by atoms with E-state index in [1.54, 1.807) is 20.8 Å². The van der Waals surface area contributed by atoms with Crippen molar-refractivity contribution in [3.8, 4) is 0 Å². The SMILES string of the molecule is CC(C)[O-].CCC(C)[O-].CCCC[O-].CCCC[O-].CCCC[O-].[Al+3].[Al+3]. The molecule has 1 unspecified atom stereocenters. The second-order valence-electron chi connectivity index (χ2n) is 5.44. The van der Waals surface area contributed by atoms with Crippen LogP contribution in [-0.2, 0) is 0 Å². The fourth-order valence-corrected chi connectivity index (χ4v) is 0.433. The molecular weight excluding hydrogens is 362 g/mol. The summed E-state index contributed by atoms with van der Waals surface area (Å²) in [7, 11) is 0. The summed E-state index contributed by atoms with van der Waals surface area (Å²) < 4.78 is 0. The Hall–Kier alpha value is 0.865. The largest absolute Gasteiger partial charge is 3.00 e. The van der Waals surface area contributed by atoms with Crippen LogP contribution in [0.2, 0.25) is 0 Å². The maximum absolute atomic E-state index is 9.90. The molecule has 0 spiro atoms. The summed E-state index contributed by atoms with van der Waals surface area (Å²) >= 11 is 0. The summed E-state index contributed by atoms with van der Waals surface area (Å²) in [5, 5.41) is 48.0. The molecule has 154 valence electrons. The standard InChI is InChI=1S/4C4H9O.C3H7O.2Al/c1-3-4(2)5;3*1-2-3-4-5;1-3(2)4;;/h4H,3H2,1-2H3;3*2-4H2,1H3;3H,1-2H3;;/q5*-1;2*+3. The molecule has 0 aliphatic rings. The van der Waals surface area contributed by atoms with Crippen molar-refractivity contribution >= 4 is 34.7 Å². The number of unbranched alkanes of at least 4 members (excludes halogenated alkanes) is 3. The second-order valence-corrected chi connectivity index (χ2v) is 5.44. The van der Waals surface area contributed by atoms with Crippen molar-refractivity contribution in [2.75, 3.05) is 19.8 Å². The fraction of sp³-hybridized carbons (Fsp3) is 1.00. The van der Waals surface area contributed by atoms with Gasteiger partial charge in [0.05, 0.1) is 0 Å². The Kier molecular flexibility index (Phi) is 98.5. The van der Waals surface area contributed by atoms with Crippen LogP contribution in [0.4, 0.5) is 0 Å². The van der Waals surface area contributed by atoms with Crippen LogP contribution in [0.25, 0.3) is 0 Å². The van der Waals surface area contributed by atoms with E-state index in [9.17, 15) is 25.5 Å². The van der Waals surface area contributed by atoms with Crippen LogP contribution in [-0.4, -0.2) is 66.8 Å². The van der Waals surface area contributed by atoms with Crippen molar-refractivity contribution in [2.45, 2.75) is 106 Å². The van der Waals surface area contributed by atoms with E-state index in [1.165, 1.54) is 0 Å².